The summed E-state index contributed by atoms with van der Waals surface area (Å²) in [4.78, 5) is 30.3. The number of fused-ring (bicyclic) bond motifs is 1. The maximum Gasteiger partial charge on any atom is 0.408 e. The molecule has 0 unspecified atom stereocenters. The molecule has 0 aliphatic heterocycles. The first-order valence-electron chi connectivity index (χ1n) is 9.24. The lowest BCUT2D eigenvalue weighted by molar-refractivity contribution is 0.0505. The third kappa shape index (κ3) is 4.06. The molecule has 0 fully saturated rings. The second kappa shape index (κ2) is 7.46. The summed E-state index contributed by atoms with van der Waals surface area (Å²) in [6.45, 7) is 9.08. The van der Waals surface area contributed by atoms with Gasteiger partial charge >= 0.3 is 6.09 Å². The largest absolute Gasteiger partial charge is 0.444 e. The topological polar surface area (TPSA) is 73.2 Å². The monoisotopic (exact) mass is 379 g/mol. The average molecular weight is 379 g/mol. The summed E-state index contributed by atoms with van der Waals surface area (Å²) in [5, 5.41) is 3.36. The summed E-state index contributed by atoms with van der Waals surface area (Å²) in [5.41, 5.74) is 1.38. The zero-order valence-electron chi connectivity index (χ0n) is 16.8. The molecule has 1 heterocycles. The Labute approximate surface area is 164 Å². The van der Waals surface area contributed by atoms with Crippen molar-refractivity contribution in [3.8, 4) is 5.69 Å². The summed E-state index contributed by atoms with van der Waals surface area (Å²) in [7, 11) is 0. The SMILES string of the molecule is Cc1cccc2nc([C@H](C)NC(=O)OC(C)(C)C)n(-c3ccccc3)c(=O)c12. The van der Waals surface area contributed by atoms with E-state index in [1.165, 1.54) is 0 Å². The van der Waals surface area contributed by atoms with Crippen molar-refractivity contribution in [3.63, 3.8) is 0 Å². The van der Waals surface area contributed by atoms with Crippen LogP contribution in [0.4, 0.5) is 4.79 Å². The van der Waals surface area contributed by atoms with Gasteiger partial charge in [0.25, 0.3) is 5.56 Å². The zero-order chi connectivity index (χ0) is 20.5. The van der Waals surface area contributed by atoms with Gasteiger partial charge in [-0.3, -0.25) is 9.36 Å². The molecule has 0 aliphatic rings. The number of hydrogen-bond donors (Lipinski definition) is 1. The summed E-state index contributed by atoms with van der Waals surface area (Å²) in [5.74, 6) is 0.445. The molecule has 0 bridgehead atoms. The van der Waals surface area contributed by atoms with Crippen LogP contribution in [0.1, 0.15) is 45.1 Å². The fourth-order valence-corrected chi connectivity index (χ4v) is 3.08. The van der Waals surface area contributed by atoms with Crippen LogP contribution in [-0.4, -0.2) is 21.2 Å². The van der Waals surface area contributed by atoms with E-state index < -0.39 is 17.7 Å². The van der Waals surface area contributed by atoms with Crippen LogP contribution in [0.3, 0.4) is 0 Å². The standard InChI is InChI=1S/C22H25N3O3/c1-14-10-9-13-17-18(14)20(26)25(16-11-7-6-8-12-16)19(24-17)15(2)23-21(27)28-22(3,4)5/h6-13,15H,1-5H3,(H,23,27)/t15-/m0/s1. The lowest BCUT2D eigenvalue weighted by Crippen LogP contribution is -2.37. The molecular weight excluding hydrogens is 354 g/mol. The molecule has 0 saturated heterocycles. The predicted octanol–water partition coefficient (Wildman–Crippen LogP) is 4.28. The molecular formula is C22H25N3O3. The fraction of sp³-hybridized carbons (Fsp3) is 0.318. The minimum absolute atomic E-state index is 0.165. The van der Waals surface area contributed by atoms with Crippen LogP contribution in [0.2, 0.25) is 0 Å². The molecule has 0 spiro atoms. The van der Waals surface area contributed by atoms with Crippen molar-refractivity contribution in [2.45, 2.75) is 46.3 Å². The van der Waals surface area contributed by atoms with E-state index in [2.05, 4.69) is 5.32 Å². The van der Waals surface area contributed by atoms with Crippen molar-refractivity contribution in [1.29, 1.82) is 0 Å². The van der Waals surface area contributed by atoms with Gasteiger partial charge in [-0.2, -0.15) is 0 Å². The molecule has 3 aromatic rings. The Morgan fingerprint density at radius 2 is 1.79 bits per heavy atom. The summed E-state index contributed by atoms with van der Waals surface area (Å²) >= 11 is 0. The van der Waals surface area contributed by atoms with Crippen molar-refractivity contribution < 1.29 is 9.53 Å². The number of carbonyl (C=O) groups is 1. The van der Waals surface area contributed by atoms with E-state index in [4.69, 9.17) is 9.72 Å². The maximum absolute atomic E-state index is 13.4. The lowest BCUT2D eigenvalue weighted by Gasteiger charge is -2.23. The summed E-state index contributed by atoms with van der Waals surface area (Å²) < 4.78 is 6.90. The Morgan fingerprint density at radius 1 is 1.11 bits per heavy atom. The third-order valence-electron chi connectivity index (χ3n) is 4.27. The number of aryl methyl sites for hydroxylation is 1. The molecule has 6 nitrogen and oxygen atoms in total. The Kier molecular flexibility index (Phi) is 5.23. The molecule has 1 aromatic heterocycles. The number of hydrogen-bond acceptors (Lipinski definition) is 4. The van der Waals surface area contributed by atoms with Crippen LogP contribution >= 0.6 is 0 Å². The van der Waals surface area contributed by atoms with Crippen LogP contribution < -0.4 is 10.9 Å². The molecule has 0 saturated carbocycles. The van der Waals surface area contributed by atoms with Crippen LogP contribution in [0.25, 0.3) is 16.6 Å². The number of ether oxygens (including phenoxy) is 1. The number of aromatic nitrogens is 2. The molecule has 1 atom stereocenters. The average Bonchev–Trinajstić information content (AvgIpc) is 2.60. The van der Waals surface area contributed by atoms with E-state index in [-0.39, 0.29) is 5.56 Å². The van der Waals surface area contributed by atoms with Crippen molar-refractivity contribution in [2.75, 3.05) is 0 Å². The number of nitrogens with one attached hydrogen (secondary N) is 1. The molecule has 28 heavy (non-hydrogen) atoms. The Balaban J connectivity index is 2.15. The van der Waals surface area contributed by atoms with Gasteiger partial charge in [-0.05, 0) is 58.4 Å². The summed E-state index contributed by atoms with van der Waals surface area (Å²) in [6.07, 6.45) is -0.557. The number of rotatable bonds is 3. The quantitative estimate of drug-likeness (QED) is 0.737. The molecule has 2 aromatic carbocycles. The van der Waals surface area contributed by atoms with Gasteiger partial charge in [0.2, 0.25) is 0 Å². The van der Waals surface area contributed by atoms with Gasteiger partial charge in [0, 0.05) is 0 Å². The number of carbonyl (C=O) groups excluding carboxylic acids is 1. The number of para-hydroxylation sites is 1. The number of nitrogens with zero attached hydrogens (tertiary/aromatic N) is 2. The van der Waals surface area contributed by atoms with Crippen molar-refractivity contribution in [3.05, 3.63) is 70.3 Å². The van der Waals surface area contributed by atoms with E-state index >= 15 is 0 Å². The van der Waals surface area contributed by atoms with Gasteiger partial charge in [-0.15, -0.1) is 0 Å². The van der Waals surface area contributed by atoms with Crippen LogP contribution in [0, 0.1) is 6.92 Å². The van der Waals surface area contributed by atoms with E-state index in [1.54, 1.807) is 32.3 Å². The van der Waals surface area contributed by atoms with Crippen LogP contribution in [-0.2, 0) is 4.74 Å². The van der Waals surface area contributed by atoms with E-state index in [9.17, 15) is 9.59 Å². The second-order valence-electron chi connectivity index (χ2n) is 7.78. The van der Waals surface area contributed by atoms with Gasteiger partial charge < -0.3 is 10.1 Å². The van der Waals surface area contributed by atoms with E-state index in [0.717, 1.165) is 5.56 Å². The number of alkyl carbamates (subject to hydrolysis) is 1. The van der Waals surface area contributed by atoms with Gasteiger partial charge in [0.15, 0.2) is 0 Å². The number of benzene rings is 2. The molecule has 0 radical (unpaired) electrons. The Hall–Kier alpha value is -3.15. The van der Waals surface area contributed by atoms with Gasteiger partial charge in [-0.25, -0.2) is 9.78 Å². The van der Waals surface area contributed by atoms with Gasteiger partial charge in [-0.1, -0.05) is 30.3 Å². The first-order valence-corrected chi connectivity index (χ1v) is 9.24. The normalized spacial score (nSPS) is 12.6. The molecule has 146 valence electrons. The zero-order valence-corrected chi connectivity index (χ0v) is 16.8. The highest BCUT2D eigenvalue weighted by molar-refractivity contribution is 5.81. The highest BCUT2D eigenvalue weighted by atomic mass is 16.6. The molecule has 1 N–H and O–H groups in total. The first-order chi connectivity index (χ1) is 13.2. The Morgan fingerprint density at radius 3 is 2.43 bits per heavy atom. The maximum atomic E-state index is 13.4. The van der Waals surface area contributed by atoms with E-state index in [1.807, 2.05) is 55.5 Å². The highest BCUT2D eigenvalue weighted by Gasteiger charge is 2.23. The van der Waals surface area contributed by atoms with Crippen LogP contribution in [0.5, 0.6) is 0 Å². The van der Waals surface area contributed by atoms with Gasteiger partial charge in [0.05, 0.1) is 22.6 Å². The first kappa shape index (κ1) is 19.6. The molecule has 1 amide bonds. The fourth-order valence-electron chi connectivity index (χ4n) is 3.08. The van der Waals surface area contributed by atoms with Crippen molar-refractivity contribution in [1.82, 2.24) is 14.9 Å². The minimum atomic E-state index is -0.614. The highest BCUT2D eigenvalue weighted by Crippen LogP contribution is 2.20. The predicted molar refractivity (Wildman–Crippen MR) is 110 cm³/mol. The molecule has 3 rings (SSSR count). The van der Waals surface area contributed by atoms with Gasteiger partial charge in [0.1, 0.15) is 11.4 Å². The van der Waals surface area contributed by atoms with Crippen molar-refractivity contribution >= 4 is 17.0 Å². The van der Waals surface area contributed by atoms with Crippen molar-refractivity contribution in [2.24, 2.45) is 0 Å². The third-order valence-corrected chi connectivity index (χ3v) is 4.27. The smallest absolute Gasteiger partial charge is 0.408 e. The number of amides is 1. The van der Waals surface area contributed by atoms with E-state index in [0.29, 0.717) is 22.4 Å². The molecule has 0 aliphatic carbocycles. The van der Waals surface area contributed by atoms with Crippen LogP contribution in [0.15, 0.2) is 53.3 Å². The lowest BCUT2D eigenvalue weighted by atomic mass is 10.1. The summed E-state index contributed by atoms with van der Waals surface area (Å²) in [6, 6.07) is 14.3. The molecule has 6 heteroatoms. The Bertz CT molecular complexity index is 1070. The minimum Gasteiger partial charge on any atom is -0.444 e. The second-order valence-corrected chi connectivity index (χ2v) is 7.78.